The molecule has 29 heavy (non-hydrogen) atoms. The summed E-state index contributed by atoms with van der Waals surface area (Å²) in [6.45, 7) is 10.3. The first-order valence-electron chi connectivity index (χ1n) is 10.0. The molecule has 0 N–H and O–H groups in total. The Bertz CT molecular complexity index is 711. The van der Waals surface area contributed by atoms with Crippen LogP contribution >= 0.6 is 8.53 Å². The number of pyridine rings is 1. The van der Waals surface area contributed by atoms with Gasteiger partial charge in [-0.3, -0.25) is 4.79 Å². The van der Waals surface area contributed by atoms with Gasteiger partial charge in [0.15, 0.2) is 17.8 Å². The number of hydrogen-bond donors (Lipinski definition) is 0. The lowest BCUT2D eigenvalue weighted by molar-refractivity contribution is -0.0251. The van der Waals surface area contributed by atoms with E-state index in [1.54, 1.807) is 4.57 Å². The topological polar surface area (TPSA) is 76.7 Å². The van der Waals surface area contributed by atoms with Gasteiger partial charge < -0.3 is 18.4 Å². The fourth-order valence-electron chi connectivity index (χ4n) is 3.38. The van der Waals surface area contributed by atoms with Crippen LogP contribution in [0.15, 0.2) is 29.3 Å². The molecule has 1 unspecified atom stereocenters. The van der Waals surface area contributed by atoms with Crippen molar-refractivity contribution < 1.29 is 18.2 Å². The molecule has 1 aromatic rings. The fourth-order valence-corrected chi connectivity index (χ4v) is 5.15. The molecule has 0 aliphatic carbocycles. The van der Waals surface area contributed by atoms with Gasteiger partial charge in [0.2, 0.25) is 0 Å². The average molecular weight is 427 g/mol. The Kier molecular flexibility index (Phi) is 9.19. The minimum absolute atomic E-state index is 0.124. The van der Waals surface area contributed by atoms with Crippen LogP contribution in [0.2, 0.25) is 0 Å². The van der Waals surface area contributed by atoms with Gasteiger partial charge in [0.1, 0.15) is 6.10 Å². The van der Waals surface area contributed by atoms with Gasteiger partial charge in [-0.15, -0.1) is 0 Å². The van der Waals surface area contributed by atoms with E-state index in [0.29, 0.717) is 6.42 Å². The number of rotatable bonds is 10. The van der Waals surface area contributed by atoms with Gasteiger partial charge in [-0.05, 0) is 34.1 Å². The van der Waals surface area contributed by atoms with E-state index in [1.165, 1.54) is 24.5 Å². The van der Waals surface area contributed by atoms with Gasteiger partial charge in [-0.2, -0.15) is 5.26 Å². The number of nitriles is 1. The van der Waals surface area contributed by atoms with Crippen molar-refractivity contribution in [2.75, 3.05) is 6.61 Å². The smallest absolute Gasteiger partial charge is 0.259 e. The molecule has 0 radical (unpaired) electrons. The van der Waals surface area contributed by atoms with Gasteiger partial charge in [-0.25, -0.2) is 9.06 Å². The second kappa shape index (κ2) is 11.1. The van der Waals surface area contributed by atoms with Crippen molar-refractivity contribution in [3.8, 4) is 6.07 Å². The Balaban J connectivity index is 2.23. The lowest BCUT2D eigenvalue weighted by Crippen LogP contribution is -2.37. The van der Waals surface area contributed by atoms with Crippen LogP contribution in [-0.2, 0) is 13.8 Å². The zero-order valence-electron chi connectivity index (χ0n) is 17.7. The quantitative estimate of drug-likeness (QED) is 0.412. The van der Waals surface area contributed by atoms with Crippen LogP contribution in [-0.4, -0.2) is 46.3 Å². The third-order valence-electron chi connectivity index (χ3n) is 4.66. The molecule has 162 valence electrons. The maximum atomic E-state index is 15.4. The molecule has 1 fully saturated rings. The molecular weight excluding hydrogens is 396 g/mol. The fraction of sp³-hybridized carbons (Fsp3) is 0.700. The summed E-state index contributed by atoms with van der Waals surface area (Å²) in [7, 11) is -1.57. The summed E-state index contributed by atoms with van der Waals surface area (Å²) in [6.07, 6.45) is 0.320. The molecule has 1 aliphatic heterocycles. The maximum absolute atomic E-state index is 15.4. The minimum Gasteiger partial charge on any atom is -0.349 e. The first-order valence-corrected chi connectivity index (χ1v) is 11.2. The average Bonchev–Trinajstić information content (AvgIpc) is 2.98. The Morgan fingerprint density at radius 2 is 1.93 bits per heavy atom. The molecule has 1 aliphatic rings. The van der Waals surface area contributed by atoms with Crippen molar-refractivity contribution in [3.63, 3.8) is 0 Å². The number of nitrogens with zero attached hydrogens (tertiary/aromatic N) is 3. The van der Waals surface area contributed by atoms with E-state index in [1.807, 2.05) is 34.6 Å². The number of alkyl halides is 1. The zero-order chi connectivity index (χ0) is 21.6. The van der Waals surface area contributed by atoms with E-state index in [9.17, 15) is 4.79 Å². The molecule has 0 amide bonds. The standard InChI is InChI=1S/C20H31FN3O4P/c1-6-17-19(18(21)20(27-17)23-11-8-16(25)9-12-23)28-29(26-13-7-10-22)24(14(2)3)15(4)5/h8-9,11-12,14-15,17-20H,6-7,13H2,1-5H3/t17-,18-,19-,20-,29?/m1/s1. The first kappa shape index (κ1) is 23.9. The second-order valence-electron chi connectivity index (χ2n) is 7.52. The van der Waals surface area contributed by atoms with E-state index >= 15 is 4.39 Å². The molecule has 0 spiro atoms. The van der Waals surface area contributed by atoms with Crippen LogP contribution in [0.4, 0.5) is 4.39 Å². The number of hydrogen-bond acceptors (Lipinski definition) is 6. The summed E-state index contributed by atoms with van der Waals surface area (Å²) in [5, 5.41) is 8.84. The third kappa shape index (κ3) is 6.07. The van der Waals surface area contributed by atoms with Gasteiger partial charge in [0.05, 0.1) is 25.2 Å². The van der Waals surface area contributed by atoms with Crippen molar-refractivity contribution in [1.29, 1.82) is 5.26 Å². The van der Waals surface area contributed by atoms with Crippen LogP contribution < -0.4 is 5.43 Å². The van der Waals surface area contributed by atoms with Gasteiger partial charge in [0, 0.05) is 36.6 Å². The van der Waals surface area contributed by atoms with Crippen molar-refractivity contribution in [2.45, 2.75) is 84.2 Å². The zero-order valence-corrected chi connectivity index (χ0v) is 18.6. The van der Waals surface area contributed by atoms with Crippen LogP contribution in [0.3, 0.4) is 0 Å². The predicted octanol–water partition coefficient (Wildman–Crippen LogP) is 4.15. The molecule has 2 heterocycles. The van der Waals surface area contributed by atoms with Crippen molar-refractivity contribution in [2.24, 2.45) is 0 Å². The molecule has 0 saturated carbocycles. The second-order valence-corrected chi connectivity index (χ2v) is 8.92. The molecule has 2 rings (SSSR count). The number of halogens is 1. The van der Waals surface area contributed by atoms with Gasteiger partial charge in [0.25, 0.3) is 8.53 Å². The molecular formula is C20H31FN3O4P. The first-order chi connectivity index (χ1) is 13.8. The molecule has 9 heteroatoms. The summed E-state index contributed by atoms with van der Waals surface area (Å²) < 4.78 is 37.1. The van der Waals surface area contributed by atoms with E-state index in [-0.39, 0.29) is 30.5 Å². The predicted molar refractivity (Wildman–Crippen MR) is 110 cm³/mol. The molecule has 1 saturated heterocycles. The monoisotopic (exact) mass is 427 g/mol. The van der Waals surface area contributed by atoms with E-state index in [0.717, 1.165) is 0 Å². The molecule has 1 aromatic heterocycles. The highest BCUT2D eigenvalue weighted by Crippen LogP contribution is 2.50. The normalized spacial score (nSPS) is 25.7. The third-order valence-corrected chi connectivity index (χ3v) is 6.79. The highest BCUT2D eigenvalue weighted by atomic mass is 31.2. The van der Waals surface area contributed by atoms with Crippen LogP contribution in [0, 0.1) is 11.3 Å². The van der Waals surface area contributed by atoms with Crippen molar-refractivity contribution in [1.82, 2.24) is 9.24 Å². The largest absolute Gasteiger partial charge is 0.349 e. The van der Waals surface area contributed by atoms with E-state index in [2.05, 4.69) is 10.7 Å². The number of aromatic nitrogens is 1. The van der Waals surface area contributed by atoms with Gasteiger partial charge >= 0.3 is 0 Å². The van der Waals surface area contributed by atoms with Crippen molar-refractivity contribution in [3.05, 3.63) is 34.7 Å². The highest BCUT2D eigenvalue weighted by Gasteiger charge is 2.48. The van der Waals surface area contributed by atoms with Crippen LogP contribution in [0.5, 0.6) is 0 Å². The summed E-state index contributed by atoms with van der Waals surface area (Å²) in [6, 6.07) is 5.06. The summed E-state index contributed by atoms with van der Waals surface area (Å²) in [5.41, 5.74) is -0.145. The van der Waals surface area contributed by atoms with E-state index in [4.69, 9.17) is 19.0 Å². The highest BCUT2D eigenvalue weighted by molar-refractivity contribution is 7.44. The lowest BCUT2D eigenvalue weighted by Gasteiger charge is -2.37. The SMILES string of the molecule is CC[C@H]1O[C@@H](n2ccc(=O)cc2)[C@H](F)[C@@H]1OP(OCCC#N)N(C(C)C)C(C)C. The number of ether oxygens (including phenoxy) is 1. The Morgan fingerprint density at radius 3 is 2.45 bits per heavy atom. The molecule has 5 atom stereocenters. The maximum Gasteiger partial charge on any atom is 0.259 e. The minimum atomic E-state index is -1.57. The Labute approximate surface area is 173 Å². The molecule has 0 aromatic carbocycles. The Hall–Kier alpha value is -1.36. The van der Waals surface area contributed by atoms with Crippen LogP contribution in [0.25, 0.3) is 0 Å². The summed E-state index contributed by atoms with van der Waals surface area (Å²) in [5.74, 6) is 0. The summed E-state index contributed by atoms with van der Waals surface area (Å²) >= 11 is 0. The van der Waals surface area contributed by atoms with E-state index < -0.39 is 33.1 Å². The summed E-state index contributed by atoms with van der Waals surface area (Å²) in [4.78, 5) is 11.4. The van der Waals surface area contributed by atoms with Gasteiger partial charge in [-0.1, -0.05) is 6.92 Å². The lowest BCUT2D eigenvalue weighted by atomic mass is 10.1. The van der Waals surface area contributed by atoms with Crippen molar-refractivity contribution >= 4 is 8.53 Å². The van der Waals surface area contributed by atoms with Crippen LogP contribution in [0.1, 0.15) is 53.7 Å². The molecule has 7 nitrogen and oxygen atoms in total. The molecule has 0 bridgehead atoms. The Morgan fingerprint density at radius 1 is 1.31 bits per heavy atom.